The molecule has 0 aromatic heterocycles. The third kappa shape index (κ3) is 1.66. The number of likely N-dealkylation sites (tertiary alicyclic amines) is 1. The Morgan fingerprint density at radius 1 is 1.67 bits per heavy atom. The summed E-state index contributed by atoms with van der Waals surface area (Å²) < 4.78 is 5.17. The van der Waals surface area contributed by atoms with Crippen LogP contribution < -0.4 is 0 Å². The number of hydrogen-bond acceptors (Lipinski definition) is 2. The van der Waals surface area contributed by atoms with Crippen LogP contribution in [0.2, 0.25) is 0 Å². The maximum absolute atomic E-state index is 5.17. The van der Waals surface area contributed by atoms with Gasteiger partial charge in [0.25, 0.3) is 0 Å². The molecule has 2 nitrogen and oxygen atoms in total. The lowest BCUT2D eigenvalue weighted by atomic mass is 10.1. The molecule has 53 valence electrons. The van der Waals surface area contributed by atoms with E-state index < -0.39 is 0 Å². The van der Waals surface area contributed by atoms with Gasteiger partial charge in [0.05, 0.1) is 0 Å². The predicted molar refractivity (Wildman–Crippen MR) is 37.0 cm³/mol. The molecule has 1 atom stereocenters. The van der Waals surface area contributed by atoms with Crippen molar-refractivity contribution in [2.24, 2.45) is 0 Å². The van der Waals surface area contributed by atoms with Crippen molar-refractivity contribution in [3.05, 3.63) is 6.42 Å². The normalized spacial score (nSPS) is 30.7. The zero-order chi connectivity index (χ0) is 6.69. The van der Waals surface area contributed by atoms with Gasteiger partial charge in [0.15, 0.2) is 0 Å². The Balaban J connectivity index is 2.30. The van der Waals surface area contributed by atoms with Crippen LogP contribution in [0.5, 0.6) is 0 Å². The Labute approximate surface area is 56.8 Å². The summed E-state index contributed by atoms with van der Waals surface area (Å²) >= 11 is 0. The average molecular weight is 128 g/mol. The highest BCUT2D eigenvalue weighted by Gasteiger charge is 2.17. The summed E-state index contributed by atoms with van der Waals surface area (Å²) in [6.45, 7) is 1.16. The van der Waals surface area contributed by atoms with E-state index in [9.17, 15) is 0 Å². The minimum absolute atomic E-state index is 0.263. The summed E-state index contributed by atoms with van der Waals surface area (Å²) in [6.07, 6.45) is 4.95. The molecule has 0 aromatic rings. The molecule has 9 heavy (non-hydrogen) atoms. The molecule has 1 saturated heterocycles. The van der Waals surface area contributed by atoms with Crippen LogP contribution in [0.25, 0.3) is 0 Å². The van der Waals surface area contributed by atoms with E-state index in [1.165, 1.54) is 12.8 Å². The molecule has 0 amide bonds. The zero-order valence-electron chi connectivity index (χ0n) is 6.13. The lowest BCUT2D eigenvalue weighted by Crippen LogP contribution is -2.37. The molecule has 1 fully saturated rings. The molecule has 1 aliphatic rings. The van der Waals surface area contributed by atoms with E-state index in [1.54, 1.807) is 7.11 Å². The zero-order valence-corrected chi connectivity index (χ0v) is 6.13. The molecule has 1 heterocycles. The van der Waals surface area contributed by atoms with Crippen LogP contribution in [0.1, 0.15) is 12.8 Å². The van der Waals surface area contributed by atoms with Gasteiger partial charge in [-0.15, -0.1) is 0 Å². The van der Waals surface area contributed by atoms with E-state index in [2.05, 4.69) is 18.4 Å². The fraction of sp³-hybridized carbons (Fsp3) is 0.857. The molecule has 1 unspecified atom stereocenters. The first-order chi connectivity index (χ1) is 4.34. The van der Waals surface area contributed by atoms with Crippen LogP contribution in [-0.4, -0.2) is 31.8 Å². The van der Waals surface area contributed by atoms with Crippen LogP contribution in [0, 0.1) is 6.42 Å². The molecule has 0 spiro atoms. The van der Waals surface area contributed by atoms with E-state index in [-0.39, 0.29) is 6.23 Å². The standard InChI is InChI=1S/C7H14NO/c1-8-6-4-3-5-7(8)9-2/h5,7H,3-4,6H2,1-2H3. The fourth-order valence-electron chi connectivity index (χ4n) is 1.18. The second-order valence-corrected chi connectivity index (χ2v) is 2.48. The van der Waals surface area contributed by atoms with Crippen molar-refractivity contribution in [2.75, 3.05) is 20.7 Å². The molecular formula is C7H14NO. The third-order valence-corrected chi connectivity index (χ3v) is 1.76. The van der Waals surface area contributed by atoms with E-state index in [0.29, 0.717) is 0 Å². The number of ether oxygens (including phenoxy) is 1. The SMILES string of the molecule is COC1[CH]CCCN1C. The second kappa shape index (κ2) is 3.18. The van der Waals surface area contributed by atoms with Crippen molar-refractivity contribution in [3.8, 4) is 0 Å². The van der Waals surface area contributed by atoms with Gasteiger partial charge in [0.1, 0.15) is 6.23 Å². The first-order valence-corrected chi connectivity index (χ1v) is 3.41. The minimum Gasteiger partial charge on any atom is -0.366 e. The monoisotopic (exact) mass is 128 g/mol. The van der Waals surface area contributed by atoms with Gasteiger partial charge in [0, 0.05) is 20.1 Å². The Morgan fingerprint density at radius 2 is 2.44 bits per heavy atom. The van der Waals surface area contributed by atoms with Crippen molar-refractivity contribution in [3.63, 3.8) is 0 Å². The predicted octanol–water partition coefficient (Wildman–Crippen LogP) is 0.889. The summed E-state index contributed by atoms with van der Waals surface area (Å²) in [6, 6.07) is 0. The summed E-state index contributed by atoms with van der Waals surface area (Å²) in [7, 11) is 3.84. The van der Waals surface area contributed by atoms with E-state index >= 15 is 0 Å². The van der Waals surface area contributed by atoms with Crippen LogP contribution in [0.4, 0.5) is 0 Å². The molecule has 0 aliphatic carbocycles. The number of rotatable bonds is 1. The number of piperidine rings is 1. The first kappa shape index (κ1) is 7.03. The topological polar surface area (TPSA) is 12.5 Å². The number of nitrogens with zero attached hydrogens (tertiary/aromatic N) is 1. The molecule has 1 aliphatic heterocycles. The summed E-state index contributed by atoms with van der Waals surface area (Å²) in [5.74, 6) is 0. The van der Waals surface area contributed by atoms with Crippen LogP contribution >= 0.6 is 0 Å². The smallest absolute Gasteiger partial charge is 0.113 e. The minimum atomic E-state index is 0.263. The summed E-state index contributed by atoms with van der Waals surface area (Å²) in [5, 5.41) is 0. The van der Waals surface area contributed by atoms with Gasteiger partial charge in [-0.1, -0.05) is 0 Å². The van der Waals surface area contributed by atoms with Gasteiger partial charge in [0.2, 0.25) is 0 Å². The molecule has 1 radical (unpaired) electrons. The lowest BCUT2D eigenvalue weighted by Gasteiger charge is -2.30. The second-order valence-electron chi connectivity index (χ2n) is 2.48. The average Bonchev–Trinajstić information content (AvgIpc) is 1.89. The highest BCUT2D eigenvalue weighted by Crippen LogP contribution is 2.13. The Bertz CT molecular complexity index is 85.0. The molecule has 0 aromatic carbocycles. The van der Waals surface area contributed by atoms with Gasteiger partial charge in [-0.05, 0) is 19.9 Å². The molecular weight excluding hydrogens is 114 g/mol. The largest absolute Gasteiger partial charge is 0.366 e. The first-order valence-electron chi connectivity index (χ1n) is 3.41. The van der Waals surface area contributed by atoms with Crippen LogP contribution in [-0.2, 0) is 4.74 Å². The van der Waals surface area contributed by atoms with Crippen LogP contribution in [0.15, 0.2) is 0 Å². The van der Waals surface area contributed by atoms with Gasteiger partial charge in [-0.3, -0.25) is 4.90 Å². The van der Waals surface area contributed by atoms with Gasteiger partial charge >= 0.3 is 0 Å². The van der Waals surface area contributed by atoms with Gasteiger partial charge < -0.3 is 4.74 Å². The van der Waals surface area contributed by atoms with E-state index in [4.69, 9.17) is 4.74 Å². The highest BCUT2D eigenvalue weighted by atomic mass is 16.5. The molecule has 2 heteroatoms. The highest BCUT2D eigenvalue weighted by molar-refractivity contribution is 4.81. The molecule has 0 N–H and O–H groups in total. The van der Waals surface area contributed by atoms with Gasteiger partial charge in [-0.2, -0.15) is 0 Å². The molecule has 0 saturated carbocycles. The van der Waals surface area contributed by atoms with Crippen molar-refractivity contribution >= 4 is 0 Å². The van der Waals surface area contributed by atoms with Crippen molar-refractivity contribution in [2.45, 2.75) is 19.1 Å². The summed E-state index contributed by atoms with van der Waals surface area (Å²) in [4.78, 5) is 2.21. The van der Waals surface area contributed by atoms with E-state index in [0.717, 1.165) is 6.54 Å². The number of hydrogen-bond donors (Lipinski definition) is 0. The Morgan fingerprint density at radius 3 is 2.89 bits per heavy atom. The van der Waals surface area contributed by atoms with E-state index in [1.807, 2.05) is 0 Å². The van der Waals surface area contributed by atoms with Gasteiger partial charge in [-0.25, -0.2) is 0 Å². The fourth-order valence-corrected chi connectivity index (χ4v) is 1.18. The Kier molecular flexibility index (Phi) is 2.49. The Hall–Kier alpha value is -0.0800. The van der Waals surface area contributed by atoms with Crippen molar-refractivity contribution in [1.29, 1.82) is 0 Å². The van der Waals surface area contributed by atoms with Crippen LogP contribution in [0.3, 0.4) is 0 Å². The maximum Gasteiger partial charge on any atom is 0.113 e. The lowest BCUT2D eigenvalue weighted by molar-refractivity contribution is -0.00831. The quantitative estimate of drug-likeness (QED) is 0.520. The maximum atomic E-state index is 5.17. The number of methoxy groups -OCH3 is 1. The summed E-state index contributed by atoms with van der Waals surface area (Å²) in [5.41, 5.74) is 0. The molecule has 1 rings (SSSR count). The molecule has 0 bridgehead atoms. The van der Waals surface area contributed by atoms with Crippen molar-refractivity contribution < 1.29 is 4.74 Å². The van der Waals surface area contributed by atoms with Crippen molar-refractivity contribution in [1.82, 2.24) is 4.90 Å². The third-order valence-electron chi connectivity index (χ3n) is 1.76.